The fraction of sp³-hybridized carbons (Fsp3) is 0.577. The van der Waals surface area contributed by atoms with E-state index in [1.54, 1.807) is 17.2 Å². The molecule has 0 saturated heterocycles. The third-order valence-electron chi connectivity index (χ3n) is 8.75. The van der Waals surface area contributed by atoms with Gasteiger partial charge in [-0.1, -0.05) is 24.2 Å². The van der Waals surface area contributed by atoms with Crippen LogP contribution in [0, 0.1) is 24.7 Å². The highest BCUT2D eigenvalue weighted by Crippen LogP contribution is 2.64. The summed E-state index contributed by atoms with van der Waals surface area (Å²) < 4.78 is 5.08. The van der Waals surface area contributed by atoms with E-state index in [1.807, 2.05) is 6.92 Å². The molecule has 0 radical (unpaired) electrons. The first kappa shape index (κ1) is 20.0. The second-order valence-corrected chi connectivity index (χ2v) is 10.5. The average molecular weight is 433 g/mol. The van der Waals surface area contributed by atoms with Gasteiger partial charge < -0.3 is 9.84 Å². The van der Waals surface area contributed by atoms with Gasteiger partial charge in [0.1, 0.15) is 5.76 Å². The number of nitrogens with zero attached hydrogens (tertiary/aromatic N) is 2. The Bertz CT molecular complexity index is 1110. The van der Waals surface area contributed by atoms with E-state index in [2.05, 4.69) is 40.8 Å². The molecule has 5 atom stereocenters. The minimum atomic E-state index is 0.00756. The molecule has 2 saturated carbocycles. The van der Waals surface area contributed by atoms with Crippen molar-refractivity contribution in [3.63, 3.8) is 0 Å². The normalized spacial score (nSPS) is 32.8. The molecule has 32 heavy (non-hydrogen) atoms. The first-order chi connectivity index (χ1) is 15.5. The molecule has 6 heteroatoms. The molecule has 2 aromatic rings. The third-order valence-corrected chi connectivity index (χ3v) is 8.75. The van der Waals surface area contributed by atoms with E-state index in [0.717, 1.165) is 6.42 Å². The average Bonchev–Trinajstić information content (AvgIpc) is 3.49. The van der Waals surface area contributed by atoms with Crippen molar-refractivity contribution in [2.45, 2.75) is 76.5 Å². The van der Waals surface area contributed by atoms with Crippen LogP contribution in [0.15, 0.2) is 40.1 Å². The van der Waals surface area contributed by atoms with Crippen LogP contribution in [0.5, 0.6) is 0 Å². The summed E-state index contributed by atoms with van der Waals surface area (Å²) in [4.78, 5) is 12.7. The number of carbonyl (C=O) groups is 1. The van der Waals surface area contributed by atoms with Gasteiger partial charge in [0.25, 0.3) is 0 Å². The van der Waals surface area contributed by atoms with Gasteiger partial charge in [0.15, 0.2) is 5.82 Å². The van der Waals surface area contributed by atoms with Crippen molar-refractivity contribution in [3.05, 3.63) is 52.6 Å². The molecule has 2 N–H and O–H groups in total. The highest BCUT2D eigenvalue weighted by molar-refractivity contribution is 5.89. The first-order valence-corrected chi connectivity index (χ1v) is 12.2. The van der Waals surface area contributed by atoms with Gasteiger partial charge in [-0.05, 0) is 92.3 Å². The van der Waals surface area contributed by atoms with Crippen molar-refractivity contribution >= 4 is 11.7 Å². The monoisotopic (exact) mass is 432 g/mol. The zero-order valence-corrected chi connectivity index (χ0v) is 19.0. The fourth-order valence-corrected chi connectivity index (χ4v) is 7.53. The molecular weight excluding hydrogens is 400 g/mol. The maximum absolute atomic E-state index is 12.7. The molecule has 6 nitrogen and oxygen atoms in total. The number of anilines is 1. The first-order valence-electron chi connectivity index (χ1n) is 12.2. The summed E-state index contributed by atoms with van der Waals surface area (Å²) in [6, 6.07) is 1.76. The minimum absolute atomic E-state index is 0.00756. The number of aromatic amines is 1. The number of carbonyl (C=O) groups excluding carboxylic acids is 1. The van der Waals surface area contributed by atoms with E-state index in [0.29, 0.717) is 41.7 Å². The van der Waals surface area contributed by atoms with E-state index in [-0.39, 0.29) is 11.3 Å². The van der Waals surface area contributed by atoms with Crippen molar-refractivity contribution < 1.29 is 9.32 Å². The van der Waals surface area contributed by atoms with E-state index in [9.17, 15) is 4.79 Å². The Balaban J connectivity index is 1.26. The van der Waals surface area contributed by atoms with E-state index >= 15 is 0 Å². The molecule has 0 aromatic carbocycles. The molecule has 0 spiro atoms. The lowest BCUT2D eigenvalue weighted by molar-refractivity contribution is -0.116. The molecule has 4 aliphatic carbocycles. The van der Waals surface area contributed by atoms with Crippen molar-refractivity contribution in [2.24, 2.45) is 17.8 Å². The minimum Gasteiger partial charge on any atom is -0.360 e. The van der Waals surface area contributed by atoms with Gasteiger partial charge >= 0.3 is 0 Å². The van der Waals surface area contributed by atoms with Crippen LogP contribution < -0.4 is 5.32 Å². The maximum Gasteiger partial charge on any atom is 0.225 e. The Morgan fingerprint density at radius 2 is 2.19 bits per heavy atom. The summed E-state index contributed by atoms with van der Waals surface area (Å²) >= 11 is 0. The van der Waals surface area contributed by atoms with Crippen LogP contribution in [0.1, 0.15) is 81.2 Å². The molecule has 6 rings (SSSR count). The second kappa shape index (κ2) is 7.46. The Morgan fingerprint density at radius 3 is 3.03 bits per heavy atom. The lowest BCUT2D eigenvalue weighted by atomic mass is 9.52. The fourth-order valence-electron chi connectivity index (χ4n) is 7.53. The summed E-state index contributed by atoms with van der Waals surface area (Å²) in [5, 5.41) is 14.7. The molecule has 2 aromatic heterocycles. The number of fused-ring (bicyclic) bond motifs is 7. The summed E-state index contributed by atoms with van der Waals surface area (Å²) in [6.07, 6.45) is 15.8. The van der Waals surface area contributed by atoms with Crippen LogP contribution in [0.3, 0.4) is 0 Å². The van der Waals surface area contributed by atoms with E-state index < -0.39 is 0 Å². The summed E-state index contributed by atoms with van der Waals surface area (Å²) in [6.45, 7) is 4.26. The number of nitrogens with one attached hydrogen (secondary N) is 2. The van der Waals surface area contributed by atoms with Crippen molar-refractivity contribution in [1.82, 2.24) is 15.4 Å². The van der Waals surface area contributed by atoms with Gasteiger partial charge in [-0.25, -0.2) is 0 Å². The summed E-state index contributed by atoms with van der Waals surface area (Å²) in [5.74, 6) is 3.49. The van der Waals surface area contributed by atoms with Crippen LogP contribution in [0.4, 0.5) is 5.82 Å². The molecule has 168 valence electrons. The number of amides is 1. The SMILES string of the molecule is Cc1cc(NC(=O)CC[C@@H]2c3c[nH]nc3[C@@]3(C)CCC4C5=CCCC=C5CCC4C23)no1. The maximum atomic E-state index is 12.7. The molecule has 2 heterocycles. The molecule has 3 unspecified atom stereocenters. The smallest absolute Gasteiger partial charge is 0.225 e. The van der Waals surface area contributed by atoms with Crippen LogP contribution in [0.2, 0.25) is 0 Å². The summed E-state index contributed by atoms with van der Waals surface area (Å²) in [5.41, 5.74) is 5.99. The molecule has 0 bridgehead atoms. The Morgan fingerprint density at radius 1 is 1.31 bits per heavy atom. The van der Waals surface area contributed by atoms with Crippen LogP contribution >= 0.6 is 0 Å². The zero-order valence-electron chi connectivity index (χ0n) is 19.0. The molecule has 1 amide bonds. The lowest BCUT2D eigenvalue weighted by Gasteiger charge is -2.51. The standard InChI is InChI=1S/C26H32N4O2/c1-15-13-22(30-32-15)28-23(31)10-9-20-21-14-27-29-25(21)26(2)12-11-18-17-6-4-3-5-16(17)7-8-19(18)24(20)26/h5-6,13-14,18-20,24H,3-4,7-12H2,1-2H3,(H,27,29)(H,28,30,31)/t18?,19?,20-,24?,26+/m1/s1. The number of hydrogen-bond donors (Lipinski definition) is 2. The van der Waals surface area contributed by atoms with E-state index in [4.69, 9.17) is 9.62 Å². The highest BCUT2D eigenvalue weighted by Gasteiger charge is 2.58. The Kier molecular flexibility index (Phi) is 4.67. The lowest BCUT2D eigenvalue weighted by Crippen LogP contribution is -2.46. The molecule has 4 aliphatic rings. The van der Waals surface area contributed by atoms with Crippen molar-refractivity contribution in [3.8, 4) is 0 Å². The number of hydrogen-bond acceptors (Lipinski definition) is 4. The topological polar surface area (TPSA) is 83.8 Å². The Hall–Kier alpha value is -2.63. The van der Waals surface area contributed by atoms with Crippen LogP contribution in [-0.4, -0.2) is 21.3 Å². The number of aromatic nitrogens is 3. The quantitative estimate of drug-likeness (QED) is 0.662. The Labute approximate surface area is 188 Å². The van der Waals surface area contributed by atoms with E-state index in [1.165, 1.54) is 49.8 Å². The van der Waals surface area contributed by atoms with Gasteiger partial charge in [0, 0.05) is 24.1 Å². The van der Waals surface area contributed by atoms with Gasteiger partial charge in [-0.3, -0.25) is 9.89 Å². The number of H-pyrrole nitrogens is 1. The predicted molar refractivity (Wildman–Crippen MR) is 122 cm³/mol. The van der Waals surface area contributed by atoms with Gasteiger partial charge in [0.2, 0.25) is 5.91 Å². The number of allylic oxidation sites excluding steroid dienone is 4. The van der Waals surface area contributed by atoms with Gasteiger partial charge in [-0.15, -0.1) is 0 Å². The molecule has 2 fully saturated rings. The van der Waals surface area contributed by atoms with Crippen LogP contribution in [0.25, 0.3) is 0 Å². The molecule has 0 aliphatic heterocycles. The van der Waals surface area contributed by atoms with Crippen LogP contribution in [-0.2, 0) is 10.2 Å². The van der Waals surface area contributed by atoms with Gasteiger partial charge in [0.05, 0.1) is 5.69 Å². The van der Waals surface area contributed by atoms with Crippen molar-refractivity contribution in [2.75, 3.05) is 5.32 Å². The second-order valence-electron chi connectivity index (χ2n) is 10.5. The number of rotatable bonds is 4. The van der Waals surface area contributed by atoms with Crippen molar-refractivity contribution in [1.29, 1.82) is 0 Å². The summed E-state index contributed by atoms with van der Waals surface area (Å²) in [7, 11) is 0. The predicted octanol–water partition coefficient (Wildman–Crippen LogP) is 5.56. The number of aryl methyl sites for hydroxylation is 1. The third kappa shape index (κ3) is 3.02. The van der Waals surface area contributed by atoms with Gasteiger partial charge in [-0.2, -0.15) is 5.10 Å². The largest absolute Gasteiger partial charge is 0.360 e. The zero-order chi connectivity index (χ0) is 21.9. The highest BCUT2D eigenvalue weighted by atomic mass is 16.5. The molecular formula is C26H32N4O2.